The van der Waals surface area contributed by atoms with Gasteiger partial charge in [-0.3, -0.25) is 9.48 Å². The number of carbonyl (C=O) groups excluding carboxylic acids is 1. The van der Waals surface area contributed by atoms with Gasteiger partial charge in [0.2, 0.25) is 5.91 Å². The third-order valence-electron chi connectivity index (χ3n) is 4.04. The molecule has 0 aliphatic rings. The summed E-state index contributed by atoms with van der Waals surface area (Å²) in [7, 11) is 1.91. The average molecular weight is 335 g/mol. The summed E-state index contributed by atoms with van der Waals surface area (Å²) in [4.78, 5) is 16.6. The standard InChI is InChI=1S/C16H25N5OS/c1-9(2)15(17)16-19-12(8-23-16)6-14(22)18-7-13-10(3)20-21(5)11(13)4/h8-9,15H,6-7,17H2,1-5H3,(H,18,22). The Labute approximate surface area is 141 Å². The van der Waals surface area contributed by atoms with Crippen LogP contribution in [0.15, 0.2) is 5.38 Å². The molecule has 7 heteroatoms. The van der Waals surface area contributed by atoms with Crippen molar-refractivity contribution in [3.05, 3.63) is 33.0 Å². The fraction of sp³-hybridized carbons (Fsp3) is 0.562. The second-order valence-electron chi connectivity index (χ2n) is 6.17. The molecular formula is C16H25N5OS. The predicted octanol–water partition coefficient (Wildman–Crippen LogP) is 2.01. The molecular weight excluding hydrogens is 310 g/mol. The van der Waals surface area contributed by atoms with Gasteiger partial charge in [0.15, 0.2) is 0 Å². The molecule has 1 atom stereocenters. The third-order valence-corrected chi connectivity index (χ3v) is 5.03. The summed E-state index contributed by atoms with van der Waals surface area (Å²) in [6.07, 6.45) is 0.277. The molecule has 2 aromatic rings. The molecule has 3 N–H and O–H groups in total. The van der Waals surface area contributed by atoms with Gasteiger partial charge < -0.3 is 11.1 Å². The van der Waals surface area contributed by atoms with Gasteiger partial charge in [-0.2, -0.15) is 5.10 Å². The highest BCUT2D eigenvalue weighted by Gasteiger charge is 2.16. The third kappa shape index (κ3) is 4.17. The number of aryl methyl sites for hydroxylation is 2. The van der Waals surface area contributed by atoms with Crippen LogP contribution in [-0.2, 0) is 24.8 Å². The Kier molecular flexibility index (Phi) is 5.54. The maximum absolute atomic E-state index is 12.1. The van der Waals surface area contributed by atoms with Crippen molar-refractivity contribution < 1.29 is 4.79 Å². The molecule has 2 rings (SSSR count). The predicted molar refractivity (Wildman–Crippen MR) is 92.1 cm³/mol. The van der Waals surface area contributed by atoms with Gasteiger partial charge >= 0.3 is 0 Å². The van der Waals surface area contributed by atoms with Crippen LogP contribution in [0.25, 0.3) is 0 Å². The Morgan fingerprint density at radius 3 is 2.70 bits per heavy atom. The molecule has 126 valence electrons. The molecule has 0 fully saturated rings. The molecule has 1 unspecified atom stereocenters. The Balaban J connectivity index is 1.93. The topological polar surface area (TPSA) is 85.8 Å². The van der Waals surface area contributed by atoms with Gasteiger partial charge in [0.1, 0.15) is 5.01 Å². The minimum atomic E-state index is -0.0718. The van der Waals surface area contributed by atoms with Crippen LogP contribution in [0.5, 0.6) is 0 Å². The van der Waals surface area contributed by atoms with Crippen LogP contribution in [0.3, 0.4) is 0 Å². The first-order chi connectivity index (χ1) is 10.8. The van der Waals surface area contributed by atoms with Crippen molar-refractivity contribution >= 4 is 17.2 Å². The van der Waals surface area contributed by atoms with Crippen LogP contribution in [0.2, 0.25) is 0 Å². The molecule has 23 heavy (non-hydrogen) atoms. The number of carbonyl (C=O) groups is 1. The highest BCUT2D eigenvalue weighted by Crippen LogP contribution is 2.22. The van der Waals surface area contributed by atoms with E-state index in [1.54, 1.807) is 0 Å². The maximum atomic E-state index is 12.1. The average Bonchev–Trinajstić information content (AvgIpc) is 3.02. The summed E-state index contributed by atoms with van der Waals surface area (Å²) < 4.78 is 1.83. The van der Waals surface area contributed by atoms with Crippen molar-refractivity contribution in [2.75, 3.05) is 0 Å². The maximum Gasteiger partial charge on any atom is 0.226 e. The van der Waals surface area contributed by atoms with E-state index in [1.807, 2.05) is 31.0 Å². The second kappa shape index (κ2) is 7.23. The Morgan fingerprint density at radius 2 is 2.13 bits per heavy atom. The lowest BCUT2D eigenvalue weighted by atomic mass is 10.1. The molecule has 0 bridgehead atoms. The van der Waals surface area contributed by atoms with E-state index in [2.05, 4.69) is 29.2 Å². The number of nitrogens with zero attached hydrogens (tertiary/aromatic N) is 3. The molecule has 0 saturated carbocycles. The Morgan fingerprint density at radius 1 is 1.43 bits per heavy atom. The molecule has 2 heterocycles. The minimum absolute atomic E-state index is 0.0392. The number of hydrogen-bond donors (Lipinski definition) is 2. The van der Waals surface area contributed by atoms with E-state index in [0.717, 1.165) is 27.7 Å². The van der Waals surface area contributed by atoms with Gasteiger partial charge in [-0.1, -0.05) is 13.8 Å². The van der Waals surface area contributed by atoms with Crippen molar-refractivity contribution in [2.45, 2.75) is 46.7 Å². The lowest BCUT2D eigenvalue weighted by Crippen LogP contribution is -2.25. The van der Waals surface area contributed by atoms with Gasteiger partial charge in [0.05, 0.1) is 23.9 Å². The van der Waals surface area contributed by atoms with E-state index >= 15 is 0 Å². The molecule has 0 radical (unpaired) electrons. The lowest BCUT2D eigenvalue weighted by molar-refractivity contribution is -0.120. The summed E-state index contributed by atoms with van der Waals surface area (Å²) in [5.41, 5.74) is 9.96. The summed E-state index contributed by atoms with van der Waals surface area (Å²) in [6, 6.07) is -0.0718. The molecule has 0 aliphatic carbocycles. The number of amides is 1. The normalized spacial score (nSPS) is 12.7. The van der Waals surface area contributed by atoms with Crippen molar-refractivity contribution in [1.29, 1.82) is 0 Å². The summed E-state index contributed by atoms with van der Waals surface area (Å²) in [5.74, 6) is 0.293. The van der Waals surface area contributed by atoms with E-state index in [-0.39, 0.29) is 18.4 Å². The first-order valence-electron chi connectivity index (χ1n) is 7.75. The van der Waals surface area contributed by atoms with E-state index in [1.165, 1.54) is 11.3 Å². The zero-order valence-electron chi connectivity index (χ0n) is 14.4. The van der Waals surface area contributed by atoms with E-state index < -0.39 is 0 Å². The number of hydrogen-bond acceptors (Lipinski definition) is 5. The van der Waals surface area contributed by atoms with Crippen LogP contribution in [0.4, 0.5) is 0 Å². The first-order valence-corrected chi connectivity index (χ1v) is 8.63. The summed E-state index contributed by atoms with van der Waals surface area (Å²) >= 11 is 1.52. The van der Waals surface area contributed by atoms with E-state index in [0.29, 0.717) is 12.5 Å². The second-order valence-corrected chi connectivity index (χ2v) is 7.06. The number of nitrogens with one attached hydrogen (secondary N) is 1. The first kappa shape index (κ1) is 17.6. The van der Waals surface area contributed by atoms with Crippen molar-refractivity contribution in [3.63, 3.8) is 0 Å². The van der Waals surface area contributed by atoms with Crippen LogP contribution < -0.4 is 11.1 Å². The lowest BCUT2D eigenvalue weighted by Gasteiger charge is -2.11. The van der Waals surface area contributed by atoms with Crippen LogP contribution in [-0.4, -0.2) is 20.7 Å². The van der Waals surface area contributed by atoms with Gasteiger partial charge in [-0.15, -0.1) is 11.3 Å². The zero-order valence-corrected chi connectivity index (χ0v) is 15.2. The number of aromatic nitrogens is 3. The van der Waals surface area contributed by atoms with Crippen molar-refractivity contribution in [2.24, 2.45) is 18.7 Å². The molecule has 0 aromatic carbocycles. The van der Waals surface area contributed by atoms with Gasteiger partial charge in [-0.25, -0.2) is 4.98 Å². The molecule has 0 aliphatic heterocycles. The highest BCUT2D eigenvalue weighted by molar-refractivity contribution is 7.09. The zero-order chi connectivity index (χ0) is 17.1. The Hall–Kier alpha value is -1.73. The van der Waals surface area contributed by atoms with Gasteiger partial charge in [-0.05, 0) is 19.8 Å². The largest absolute Gasteiger partial charge is 0.352 e. The van der Waals surface area contributed by atoms with Crippen LogP contribution >= 0.6 is 11.3 Å². The molecule has 0 saturated heterocycles. The summed E-state index contributed by atoms with van der Waals surface area (Å²) in [6.45, 7) is 8.58. The minimum Gasteiger partial charge on any atom is -0.352 e. The number of thiazole rings is 1. The Bertz CT molecular complexity index is 689. The van der Waals surface area contributed by atoms with Crippen LogP contribution in [0, 0.1) is 19.8 Å². The number of nitrogens with two attached hydrogens (primary N) is 1. The summed E-state index contributed by atoms with van der Waals surface area (Å²) in [5, 5.41) is 10.1. The number of rotatable bonds is 6. The monoisotopic (exact) mass is 335 g/mol. The molecule has 2 aromatic heterocycles. The molecule has 0 spiro atoms. The molecule has 1 amide bonds. The molecule has 6 nitrogen and oxygen atoms in total. The quantitative estimate of drug-likeness (QED) is 0.845. The van der Waals surface area contributed by atoms with E-state index in [9.17, 15) is 4.79 Å². The van der Waals surface area contributed by atoms with Gasteiger partial charge in [0.25, 0.3) is 0 Å². The smallest absolute Gasteiger partial charge is 0.226 e. The van der Waals surface area contributed by atoms with Crippen molar-refractivity contribution in [1.82, 2.24) is 20.1 Å². The highest BCUT2D eigenvalue weighted by atomic mass is 32.1. The fourth-order valence-corrected chi connectivity index (χ4v) is 3.32. The fourth-order valence-electron chi connectivity index (χ4n) is 2.33. The van der Waals surface area contributed by atoms with Crippen LogP contribution in [0.1, 0.15) is 47.5 Å². The van der Waals surface area contributed by atoms with Gasteiger partial charge in [0, 0.05) is 30.2 Å². The van der Waals surface area contributed by atoms with Crippen molar-refractivity contribution in [3.8, 4) is 0 Å². The SMILES string of the molecule is Cc1nn(C)c(C)c1CNC(=O)Cc1csc(C(N)C(C)C)n1. The van der Waals surface area contributed by atoms with E-state index in [4.69, 9.17) is 5.73 Å².